The normalized spacial score (nSPS) is 16.8. The number of ether oxygens (including phenoxy) is 3. The zero-order valence-electron chi connectivity index (χ0n) is 23.3. The average molecular weight is 606 g/mol. The Kier molecular flexibility index (Phi) is 9.53. The molecule has 0 N–H and O–H groups in total. The molecular weight excluding hydrogens is 576 g/mol. The van der Waals surface area contributed by atoms with Gasteiger partial charge in [-0.2, -0.15) is 26.3 Å². The van der Waals surface area contributed by atoms with Crippen molar-refractivity contribution >= 4 is 29.7 Å². The molecule has 0 radical (unpaired) electrons. The zero-order chi connectivity index (χ0) is 31.6. The van der Waals surface area contributed by atoms with Crippen molar-refractivity contribution in [3.63, 3.8) is 0 Å². The van der Waals surface area contributed by atoms with Gasteiger partial charge in [0.25, 0.3) is 0 Å². The smallest absolute Gasteiger partial charge is 0.416 e. The van der Waals surface area contributed by atoms with E-state index in [9.17, 15) is 40.7 Å². The SMILES string of the molecule is CCOC(=O)N1c2ccc(N(C)C(=O)OC)cc2[C@H](N(Cc2cc(C(F)(F)F)cc(C(F)(F)F)c2)C(=O)OC)C[C@@H]1C. The monoisotopic (exact) mass is 605 g/mol. The Labute approximate surface area is 237 Å². The van der Waals surface area contributed by atoms with Gasteiger partial charge in [0.15, 0.2) is 0 Å². The number of hydrogen-bond acceptors (Lipinski definition) is 6. The number of carbonyl (C=O) groups excluding carboxylic acids is 3. The molecule has 0 fully saturated rings. The predicted octanol–water partition coefficient (Wildman–Crippen LogP) is 6.99. The first kappa shape index (κ1) is 32.3. The molecule has 2 aromatic carbocycles. The number of benzene rings is 2. The molecule has 2 aromatic rings. The van der Waals surface area contributed by atoms with Gasteiger partial charge < -0.3 is 14.2 Å². The third-order valence-electron chi connectivity index (χ3n) is 6.72. The number of methoxy groups -OCH3 is 2. The van der Waals surface area contributed by atoms with E-state index in [2.05, 4.69) is 0 Å². The highest BCUT2D eigenvalue weighted by Crippen LogP contribution is 2.44. The molecule has 42 heavy (non-hydrogen) atoms. The summed E-state index contributed by atoms with van der Waals surface area (Å²) in [7, 11) is 3.58. The summed E-state index contributed by atoms with van der Waals surface area (Å²) >= 11 is 0. The molecule has 1 aliphatic rings. The lowest BCUT2D eigenvalue weighted by Crippen LogP contribution is -2.47. The van der Waals surface area contributed by atoms with Crippen LogP contribution in [0.1, 0.15) is 48.6 Å². The Hall–Kier alpha value is -4.17. The van der Waals surface area contributed by atoms with Crippen molar-refractivity contribution in [2.45, 2.75) is 51.2 Å². The Morgan fingerprint density at radius 3 is 2.00 bits per heavy atom. The molecule has 0 aromatic heterocycles. The number of halogens is 6. The van der Waals surface area contributed by atoms with Crippen molar-refractivity contribution < 1.29 is 54.9 Å². The van der Waals surface area contributed by atoms with Crippen LogP contribution in [0.3, 0.4) is 0 Å². The maximum absolute atomic E-state index is 13.5. The summed E-state index contributed by atoms with van der Waals surface area (Å²) in [5.41, 5.74) is -2.73. The van der Waals surface area contributed by atoms with Crippen LogP contribution in [0, 0.1) is 0 Å². The lowest BCUT2D eigenvalue weighted by Gasteiger charge is -2.42. The van der Waals surface area contributed by atoms with Crippen LogP contribution in [0.5, 0.6) is 0 Å². The first-order valence-electron chi connectivity index (χ1n) is 12.6. The second kappa shape index (κ2) is 12.4. The van der Waals surface area contributed by atoms with Crippen LogP contribution in [-0.2, 0) is 33.1 Å². The van der Waals surface area contributed by atoms with Crippen LogP contribution in [0.4, 0.5) is 52.1 Å². The summed E-state index contributed by atoms with van der Waals surface area (Å²) < 4.78 is 96.0. The molecule has 1 heterocycles. The van der Waals surface area contributed by atoms with E-state index in [0.717, 1.165) is 24.0 Å². The van der Waals surface area contributed by atoms with E-state index in [0.29, 0.717) is 12.1 Å². The number of anilines is 2. The first-order valence-corrected chi connectivity index (χ1v) is 12.6. The van der Waals surface area contributed by atoms with Gasteiger partial charge in [0.1, 0.15) is 0 Å². The Morgan fingerprint density at radius 1 is 0.929 bits per heavy atom. The number of rotatable bonds is 5. The summed E-state index contributed by atoms with van der Waals surface area (Å²) in [5, 5.41) is 0. The van der Waals surface area contributed by atoms with Crippen molar-refractivity contribution in [2.24, 2.45) is 0 Å². The van der Waals surface area contributed by atoms with Crippen LogP contribution in [0.2, 0.25) is 0 Å². The molecule has 0 spiro atoms. The molecule has 9 nitrogen and oxygen atoms in total. The van der Waals surface area contributed by atoms with Crippen LogP contribution >= 0.6 is 0 Å². The molecular formula is C27H29F6N3O6. The number of nitrogens with zero attached hydrogens (tertiary/aromatic N) is 3. The highest BCUT2D eigenvalue weighted by atomic mass is 19.4. The maximum Gasteiger partial charge on any atom is 0.416 e. The molecule has 0 bridgehead atoms. The van der Waals surface area contributed by atoms with Crippen molar-refractivity contribution in [3.8, 4) is 0 Å². The van der Waals surface area contributed by atoms with Crippen LogP contribution in [-0.4, -0.2) is 57.1 Å². The molecule has 0 saturated heterocycles. The molecule has 15 heteroatoms. The standard InChI is InChI=1S/C27H29F6N3O6/c1-6-42-25(39)36-15(2)9-22(20-13-19(7-8-21(20)36)34(3)23(37)40-4)35(24(38)41-5)14-16-10-17(26(28,29)30)12-18(11-16)27(31,32)33/h7-8,10-13,15,22H,6,9,14H2,1-5H3/t15-,22+/m0/s1. The molecule has 1 aliphatic heterocycles. The van der Waals surface area contributed by atoms with E-state index in [1.165, 1.54) is 30.1 Å². The summed E-state index contributed by atoms with van der Waals surface area (Å²) in [6, 6.07) is 3.88. The third-order valence-corrected chi connectivity index (χ3v) is 6.72. The topological polar surface area (TPSA) is 88.6 Å². The third kappa shape index (κ3) is 6.82. The van der Waals surface area contributed by atoms with E-state index in [-0.39, 0.29) is 36.0 Å². The molecule has 3 rings (SSSR count). The highest BCUT2D eigenvalue weighted by Gasteiger charge is 2.41. The number of alkyl halides is 6. The van der Waals surface area contributed by atoms with Crippen molar-refractivity contribution in [3.05, 3.63) is 58.7 Å². The van der Waals surface area contributed by atoms with Gasteiger partial charge in [0.05, 0.1) is 43.7 Å². The van der Waals surface area contributed by atoms with Gasteiger partial charge in [-0.25, -0.2) is 14.4 Å². The van der Waals surface area contributed by atoms with Gasteiger partial charge in [-0.05, 0) is 62.2 Å². The van der Waals surface area contributed by atoms with Crippen molar-refractivity contribution in [1.29, 1.82) is 0 Å². The number of hydrogen-bond donors (Lipinski definition) is 0. The predicted molar refractivity (Wildman–Crippen MR) is 138 cm³/mol. The molecule has 2 atom stereocenters. The molecule has 0 unspecified atom stereocenters. The molecule has 230 valence electrons. The second-order valence-corrected chi connectivity index (χ2v) is 9.45. The lowest BCUT2D eigenvalue weighted by molar-refractivity contribution is -0.143. The van der Waals surface area contributed by atoms with Crippen LogP contribution < -0.4 is 9.80 Å². The number of carbonyl (C=O) groups is 3. The Bertz CT molecular complexity index is 1300. The Morgan fingerprint density at radius 2 is 1.50 bits per heavy atom. The van der Waals surface area contributed by atoms with E-state index >= 15 is 0 Å². The second-order valence-electron chi connectivity index (χ2n) is 9.45. The average Bonchev–Trinajstić information content (AvgIpc) is 2.93. The molecule has 0 aliphatic carbocycles. The van der Waals surface area contributed by atoms with E-state index in [1.807, 2.05) is 0 Å². The van der Waals surface area contributed by atoms with Gasteiger partial charge in [-0.3, -0.25) is 14.7 Å². The van der Waals surface area contributed by atoms with Gasteiger partial charge in [-0.1, -0.05) is 0 Å². The largest absolute Gasteiger partial charge is 0.453 e. The Balaban J connectivity index is 2.21. The molecule has 3 amide bonds. The van der Waals surface area contributed by atoms with Gasteiger partial charge >= 0.3 is 30.6 Å². The van der Waals surface area contributed by atoms with Crippen molar-refractivity contribution in [1.82, 2.24) is 4.90 Å². The van der Waals surface area contributed by atoms with E-state index in [1.54, 1.807) is 13.8 Å². The minimum Gasteiger partial charge on any atom is -0.453 e. The van der Waals surface area contributed by atoms with E-state index in [4.69, 9.17) is 14.2 Å². The fourth-order valence-corrected chi connectivity index (χ4v) is 4.77. The van der Waals surface area contributed by atoms with Crippen molar-refractivity contribution in [2.75, 3.05) is 37.7 Å². The van der Waals surface area contributed by atoms with Gasteiger partial charge in [0, 0.05) is 30.9 Å². The summed E-state index contributed by atoms with van der Waals surface area (Å²) in [6.45, 7) is 2.60. The zero-order valence-corrected chi connectivity index (χ0v) is 23.3. The fraction of sp³-hybridized carbons (Fsp3) is 0.444. The minimum atomic E-state index is -5.09. The van der Waals surface area contributed by atoms with E-state index < -0.39 is 66.0 Å². The highest BCUT2D eigenvalue weighted by molar-refractivity contribution is 5.92. The van der Waals surface area contributed by atoms with Crippen LogP contribution in [0.25, 0.3) is 0 Å². The fourth-order valence-electron chi connectivity index (χ4n) is 4.77. The number of amides is 3. The minimum absolute atomic E-state index is 0.00258. The van der Waals surface area contributed by atoms with Gasteiger partial charge in [0.2, 0.25) is 0 Å². The number of fused-ring (bicyclic) bond motifs is 1. The van der Waals surface area contributed by atoms with Crippen LogP contribution in [0.15, 0.2) is 36.4 Å². The maximum atomic E-state index is 13.5. The quantitative estimate of drug-likeness (QED) is 0.270. The van der Waals surface area contributed by atoms with Gasteiger partial charge in [-0.15, -0.1) is 0 Å². The summed E-state index contributed by atoms with van der Waals surface area (Å²) in [5.74, 6) is 0. The lowest BCUT2D eigenvalue weighted by atomic mass is 9.90. The first-order chi connectivity index (χ1) is 19.5. The summed E-state index contributed by atoms with van der Waals surface area (Å²) in [6.07, 6.45) is -12.7. The molecule has 0 saturated carbocycles. The summed E-state index contributed by atoms with van der Waals surface area (Å²) in [4.78, 5) is 41.5.